The van der Waals surface area contributed by atoms with Gasteiger partial charge >= 0.3 is 11.9 Å². The van der Waals surface area contributed by atoms with Crippen LogP contribution in [0, 0.1) is 5.92 Å². The van der Waals surface area contributed by atoms with Crippen LogP contribution in [0.5, 0.6) is 0 Å². The Morgan fingerprint density at radius 3 is 2.11 bits per heavy atom. The smallest absolute Gasteiger partial charge is 0.340 e. The third-order valence-electron chi connectivity index (χ3n) is 12.5. The van der Waals surface area contributed by atoms with Gasteiger partial charge < -0.3 is 51.6 Å². The average molecular weight is 1230 g/mol. The van der Waals surface area contributed by atoms with Gasteiger partial charge in [-0.1, -0.05) is 99.1 Å². The summed E-state index contributed by atoms with van der Waals surface area (Å²) >= 11 is 2.85. The maximum Gasteiger partial charge on any atom is 0.340 e. The van der Waals surface area contributed by atoms with Crippen molar-refractivity contribution in [2.75, 3.05) is 81.5 Å². The highest BCUT2D eigenvalue weighted by Gasteiger charge is 2.39. The van der Waals surface area contributed by atoms with Crippen molar-refractivity contribution in [1.82, 2.24) is 41.7 Å². The first kappa shape index (κ1) is 71.3. The minimum atomic E-state index is -1.11. The number of imide groups is 1. The molecule has 0 radical (unpaired) electrons. The first-order valence-corrected chi connectivity index (χ1v) is 32.7. The number of carbonyl (C=O) groups is 11. The fourth-order valence-electron chi connectivity index (χ4n) is 8.34. The number of nitrogens with zero attached hydrogens (tertiary/aromatic N) is 2. The molecule has 1 saturated heterocycles. The molecule has 5 atom stereocenters. The van der Waals surface area contributed by atoms with Gasteiger partial charge in [-0.15, -0.1) is 0 Å². The largest absolute Gasteiger partial charge is 0.467 e. The van der Waals surface area contributed by atoms with Crippen LogP contribution in [0.3, 0.4) is 0 Å². The molecule has 2 aliphatic rings. The van der Waals surface area contributed by atoms with Crippen molar-refractivity contribution in [2.24, 2.45) is 5.92 Å². The number of carbonyl (C=O) groups excluding carboxylic acids is 11. The van der Waals surface area contributed by atoms with E-state index in [2.05, 4.69) is 37.2 Å². The number of thioether (sulfide) groups is 2. The lowest BCUT2D eigenvalue weighted by Gasteiger charge is -2.30. The van der Waals surface area contributed by atoms with Gasteiger partial charge in [-0.25, -0.2) is 9.59 Å². The number of para-hydroxylation sites is 1. The van der Waals surface area contributed by atoms with Crippen molar-refractivity contribution in [3.8, 4) is 0 Å². The van der Waals surface area contributed by atoms with Gasteiger partial charge in [0.1, 0.15) is 36.8 Å². The van der Waals surface area contributed by atoms with Crippen molar-refractivity contribution in [3.05, 3.63) is 66.3 Å². The van der Waals surface area contributed by atoms with Gasteiger partial charge in [-0.05, 0) is 81.4 Å². The number of unbranched alkanes of at least 4 members (excludes halogenated alkanes) is 3. The second-order valence-corrected chi connectivity index (χ2v) is 26.1. The molecule has 26 heteroatoms. The zero-order valence-electron chi connectivity index (χ0n) is 49.0. The summed E-state index contributed by atoms with van der Waals surface area (Å²) in [5, 5.41) is 19.1. The number of benzene rings is 1. The topological polar surface area (TPSA) is 297 Å². The molecule has 9 amide bonds. The number of nitrogens with one attached hydrogen (secondary N) is 7. The van der Waals surface area contributed by atoms with Crippen molar-refractivity contribution in [1.29, 1.82) is 0 Å². The van der Waals surface area contributed by atoms with Gasteiger partial charge in [-0.3, -0.25) is 48.1 Å². The number of allylic oxidation sites excluding steroid dienone is 2. The molecule has 1 aromatic rings. The molecule has 2 aliphatic heterocycles. The Labute approximate surface area is 504 Å². The number of ether oxygens (including phenoxy) is 2. The Kier molecular flexibility index (Phi) is 33.3. The highest BCUT2D eigenvalue weighted by molar-refractivity contribution is 8.77. The predicted octanol–water partition coefficient (Wildman–Crippen LogP) is 4.31. The third kappa shape index (κ3) is 27.5. The fraction of sp³-hybridized carbons (Fsp3) is 0.596. The van der Waals surface area contributed by atoms with E-state index in [1.54, 1.807) is 31.3 Å². The van der Waals surface area contributed by atoms with E-state index in [9.17, 15) is 52.7 Å². The lowest BCUT2D eigenvalue weighted by molar-refractivity contribution is -0.146. The highest BCUT2D eigenvalue weighted by Crippen LogP contribution is 2.35. The molecule has 460 valence electrons. The van der Waals surface area contributed by atoms with E-state index in [0.29, 0.717) is 54.9 Å². The molecule has 1 fully saturated rings. The summed E-state index contributed by atoms with van der Waals surface area (Å²) < 4.78 is 10.2. The second-order valence-electron chi connectivity index (χ2n) is 20.9. The lowest BCUT2D eigenvalue weighted by atomic mass is 10.0. The van der Waals surface area contributed by atoms with E-state index in [4.69, 9.17) is 9.47 Å². The van der Waals surface area contributed by atoms with E-state index in [0.717, 1.165) is 17.7 Å². The molecule has 22 nitrogen and oxygen atoms in total. The molecule has 0 spiro atoms. The summed E-state index contributed by atoms with van der Waals surface area (Å²) in [5.74, 6) is -4.56. The number of likely N-dealkylation sites (tertiary alicyclic amines) is 1. The van der Waals surface area contributed by atoms with Gasteiger partial charge in [-0.2, -0.15) is 23.5 Å². The minimum Gasteiger partial charge on any atom is -0.467 e. The van der Waals surface area contributed by atoms with Crippen LogP contribution in [0.2, 0.25) is 0 Å². The van der Waals surface area contributed by atoms with Gasteiger partial charge in [0.2, 0.25) is 41.4 Å². The summed E-state index contributed by atoms with van der Waals surface area (Å²) in [4.78, 5) is 146. The molecule has 0 unspecified atom stereocenters. The summed E-state index contributed by atoms with van der Waals surface area (Å²) in [7, 11) is 5.81. The van der Waals surface area contributed by atoms with Crippen LogP contribution >= 0.6 is 45.1 Å². The molecule has 0 saturated carbocycles. The first-order valence-electron chi connectivity index (χ1n) is 27.9. The predicted molar refractivity (Wildman–Crippen MR) is 328 cm³/mol. The van der Waals surface area contributed by atoms with Crippen molar-refractivity contribution in [2.45, 2.75) is 134 Å². The molecule has 83 heavy (non-hydrogen) atoms. The number of anilines is 1. The van der Waals surface area contributed by atoms with Crippen LogP contribution in [0.25, 0.3) is 0 Å². The Bertz CT molecular complexity index is 2440. The lowest BCUT2D eigenvalue weighted by Crippen LogP contribution is -2.57. The Balaban J connectivity index is 1.52. The van der Waals surface area contributed by atoms with E-state index < -0.39 is 96.6 Å². The molecule has 0 aromatic heterocycles. The number of amides is 9. The number of rotatable bonds is 38. The molecule has 7 N–H and O–H groups in total. The van der Waals surface area contributed by atoms with Gasteiger partial charge in [0.15, 0.2) is 0 Å². The van der Waals surface area contributed by atoms with E-state index >= 15 is 0 Å². The monoisotopic (exact) mass is 1230 g/mol. The molecule has 3 rings (SSSR count). The number of hydrogen-bond donors (Lipinski definition) is 7. The quantitative estimate of drug-likeness (QED) is 0.0160. The highest BCUT2D eigenvalue weighted by atomic mass is 33.1. The Morgan fingerprint density at radius 1 is 0.771 bits per heavy atom. The zero-order valence-corrected chi connectivity index (χ0v) is 52.3. The summed E-state index contributed by atoms with van der Waals surface area (Å²) in [5.41, 5.74) is 1.15. The van der Waals surface area contributed by atoms with E-state index in [-0.39, 0.29) is 72.9 Å². The van der Waals surface area contributed by atoms with Crippen molar-refractivity contribution >= 4 is 116 Å². The Hall–Kier alpha value is -5.99. The van der Waals surface area contributed by atoms with Gasteiger partial charge in [0.05, 0.1) is 25.8 Å². The standard InChI is InChI=1S/C57H85N9O13S4/c1-38(2)33-42(54(75)65-29-20-23-45(65)53(74)64-44(56(77)78-7)36-81-31-19-12-10-9-11-18-30-79-55(76)39-21-15-16-22-40(39)58-6)61-48(69)35-60-51(72)41(27-32-80-8)63-52(73)43(37-82-83-57(3,4)5)62-47(68)34-59-46(67)24-14-13-17-28-66-49(70)25-26-50(66)71/h11-12,15-16,18-19,21-22,25-26,38,41-45,58H,9-10,13-14,17,20,23-24,27-37H2,1-8H3,(H,59,67)(H,60,72)(H,61,69)(H,62,68)(H,63,73)(H,64,74)/b18-11+,19-12+/t41-,42-,43-,44-,45-/m0/s1. The van der Waals surface area contributed by atoms with Crippen LogP contribution in [0.1, 0.15) is 109 Å². The van der Waals surface area contributed by atoms with Gasteiger partial charge in [0.25, 0.3) is 11.8 Å². The van der Waals surface area contributed by atoms with E-state index in [1.807, 2.05) is 65.2 Å². The maximum atomic E-state index is 14.2. The van der Waals surface area contributed by atoms with Crippen LogP contribution in [0.15, 0.2) is 60.7 Å². The average Bonchev–Trinajstić information content (AvgIpc) is 4.09. The SMILES string of the molecule is CNc1ccccc1C(=O)OC/C=C/CC/C=C/CSC[C@H](NC(=O)[C@@H]1CCCN1C(=O)[C@H](CC(C)C)NC(=O)CNC(=O)[C@H](CCSC)NC(=O)[C@H](CSSC(C)(C)C)NC(=O)CNC(=O)CCCCCN1C(=O)C=CC1=O)C(=O)OC. The zero-order chi connectivity index (χ0) is 61.3. The fourth-order valence-corrected chi connectivity index (χ4v) is 12.1. The second kappa shape index (κ2) is 38.8. The molecule has 0 bridgehead atoms. The van der Waals surface area contributed by atoms with Gasteiger partial charge in [0, 0.05) is 66.4 Å². The number of esters is 2. The first-order chi connectivity index (χ1) is 39.6. The Morgan fingerprint density at radius 2 is 1.45 bits per heavy atom. The normalized spacial score (nSPS) is 15.7. The minimum absolute atomic E-state index is 0.0674. The van der Waals surface area contributed by atoms with Crippen molar-refractivity contribution in [3.63, 3.8) is 0 Å². The van der Waals surface area contributed by atoms with Crippen LogP contribution in [-0.2, 0) is 57.4 Å². The third-order valence-corrected chi connectivity index (χ3v) is 17.5. The summed E-state index contributed by atoms with van der Waals surface area (Å²) in [6.45, 7) is 9.41. The van der Waals surface area contributed by atoms with Crippen LogP contribution < -0.4 is 37.2 Å². The molecule has 2 heterocycles. The van der Waals surface area contributed by atoms with Crippen LogP contribution in [-0.4, -0.2) is 186 Å². The van der Waals surface area contributed by atoms with Crippen molar-refractivity contribution < 1.29 is 62.2 Å². The number of hydrogen-bond acceptors (Lipinski definition) is 18. The summed E-state index contributed by atoms with van der Waals surface area (Å²) in [6.07, 6.45) is 16.3. The molecular weight excluding hydrogens is 1150 g/mol. The van der Waals surface area contributed by atoms with Crippen LogP contribution in [0.4, 0.5) is 5.69 Å². The summed E-state index contributed by atoms with van der Waals surface area (Å²) in [6, 6.07) is 1.91. The molecule has 0 aliphatic carbocycles. The maximum absolute atomic E-state index is 14.2. The molecule has 1 aromatic carbocycles. The van der Waals surface area contributed by atoms with E-state index in [1.165, 1.54) is 69.3 Å². The molecular formula is C57H85N9O13S4. The number of methoxy groups -OCH3 is 1.